The van der Waals surface area contributed by atoms with Gasteiger partial charge in [0.25, 0.3) is 5.91 Å². The van der Waals surface area contributed by atoms with Crippen LogP contribution in [0.2, 0.25) is 0 Å². The summed E-state index contributed by atoms with van der Waals surface area (Å²) in [5.74, 6) is 0.409. The summed E-state index contributed by atoms with van der Waals surface area (Å²) in [6.07, 6.45) is 0.228. The molecule has 0 saturated carbocycles. The number of guanidine groups is 1. The molecule has 0 spiro atoms. The van der Waals surface area contributed by atoms with Crippen molar-refractivity contribution >= 4 is 17.8 Å². The van der Waals surface area contributed by atoms with Gasteiger partial charge in [0.1, 0.15) is 5.75 Å². The van der Waals surface area contributed by atoms with Gasteiger partial charge in [-0.05, 0) is 40.8 Å². The number of carbonyl (C=O) groups excluding carboxylic acids is 2. The topological polar surface area (TPSA) is 79.8 Å². The highest BCUT2D eigenvalue weighted by Gasteiger charge is 2.24. The standard InChI is InChI=1S/C22H25N3O3/c1-22(2,3)16-9-5-15(6-10-16)20(27)25-21-23-18(13-19(26)24-21)14-7-11-17(28-4)12-8-14/h5-12,18H,13H2,1-4H3,(H2,23,24,25,26,27)/t18-/m0/s1. The van der Waals surface area contributed by atoms with Crippen molar-refractivity contribution in [1.82, 2.24) is 10.6 Å². The van der Waals surface area contributed by atoms with E-state index in [1.807, 2.05) is 36.4 Å². The fraction of sp³-hybridized carbons (Fsp3) is 0.318. The molecule has 1 aliphatic rings. The van der Waals surface area contributed by atoms with Crippen LogP contribution in [0.4, 0.5) is 0 Å². The Morgan fingerprint density at radius 2 is 1.75 bits per heavy atom. The van der Waals surface area contributed by atoms with E-state index in [2.05, 4.69) is 36.4 Å². The molecule has 0 bridgehead atoms. The molecule has 3 rings (SSSR count). The van der Waals surface area contributed by atoms with Gasteiger partial charge < -0.3 is 4.74 Å². The van der Waals surface area contributed by atoms with Crippen molar-refractivity contribution in [3.63, 3.8) is 0 Å². The predicted molar refractivity (Wildman–Crippen MR) is 109 cm³/mol. The molecule has 0 fully saturated rings. The molecule has 2 N–H and O–H groups in total. The zero-order chi connectivity index (χ0) is 20.3. The molecule has 1 aliphatic heterocycles. The van der Waals surface area contributed by atoms with Gasteiger partial charge >= 0.3 is 0 Å². The van der Waals surface area contributed by atoms with E-state index in [1.54, 1.807) is 19.2 Å². The maximum Gasteiger partial charge on any atom is 0.257 e. The number of nitrogens with zero attached hydrogens (tertiary/aromatic N) is 1. The van der Waals surface area contributed by atoms with Crippen molar-refractivity contribution in [3.05, 3.63) is 65.2 Å². The van der Waals surface area contributed by atoms with Crippen LogP contribution in [0, 0.1) is 0 Å². The van der Waals surface area contributed by atoms with Crippen LogP contribution >= 0.6 is 0 Å². The molecule has 146 valence electrons. The second-order valence-corrected chi connectivity index (χ2v) is 7.80. The van der Waals surface area contributed by atoms with Gasteiger partial charge in [-0.3, -0.25) is 20.2 Å². The van der Waals surface area contributed by atoms with Crippen LogP contribution in [0.5, 0.6) is 5.75 Å². The van der Waals surface area contributed by atoms with Crippen LogP contribution in [0.15, 0.2) is 53.5 Å². The third-order valence-electron chi connectivity index (χ3n) is 4.67. The number of rotatable bonds is 3. The lowest BCUT2D eigenvalue weighted by Gasteiger charge is -2.22. The van der Waals surface area contributed by atoms with Crippen LogP contribution in [0.25, 0.3) is 0 Å². The highest BCUT2D eigenvalue weighted by molar-refractivity contribution is 6.10. The van der Waals surface area contributed by atoms with Crippen LogP contribution in [0.3, 0.4) is 0 Å². The van der Waals surface area contributed by atoms with Gasteiger partial charge in [-0.2, -0.15) is 0 Å². The summed E-state index contributed by atoms with van der Waals surface area (Å²) >= 11 is 0. The number of hydrogen-bond donors (Lipinski definition) is 2. The molecule has 0 saturated heterocycles. The van der Waals surface area contributed by atoms with Crippen molar-refractivity contribution in [3.8, 4) is 5.75 Å². The Hall–Kier alpha value is -3.15. The number of nitrogens with one attached hydrogen (secondary N) is 2. The van der Waals surface area contributed by atoms with E-state index in [0.29, 0.717) is 5.56 Å². The minimum absolute atomic E-state index is 0.0159. The van der Waals surface area contributed by atoms with E-state index in [9.17, 15) is 9.59 Å². The van der Waals surface area contributed by atoms with Crippen LogP contribution in [0.1, 0.15) is 54.7 Å². The van der Waals surface area contributed by atoms with Crippen LogP contribution < -0.4 is 15.4 Å². The van der Waals surface area contributed by atoms with Crippen molar-refractivity contribution in [2.24, 2.45) is 4.99 Å². The Morgan fingerprint density at radius 3 is 2.32 bits per heavy atom. The highest BCUT2D eigenvalue weighted by Crippen LogP contribution is 2.25. The molecule has 2 aromatic rings. The van der Waals surface area contributed by atoms with Gasteiger partial charge in [0.2, 0.25) is 11.9 Å². The van der Waals surface area contributed by atoms with E-state index in [0.717, 1.165) is 16.9 Å². The monoisotopic (exact) mass is 379 g/mol. The zero-order valence-corrected chi connectivity index (χ0v) is 16.6. The quantitative estimate of drug-likeness (QED) is 0.858. The second kappa shape index (κ2) is 7.84. The first kappa shape index (κ1) is 19.6. The lowest BCUT2D eigenvalue weighted by Crippen LogP contribution is -2.47. The average Bonchev–Trinajstić information content (AvgIpc) is 2.67. The molecule has 2 amide bonds. The average molecular weight is 379 g/mol. The van der Waals surface area contributed by atoms with Crippen molar-refractivity contribution in [2.75, 3.05) is 7.11 Å². The Morgan fingerprint density at radius 1 is 1.11 bits per heavy atom. The van der Waals surface area contributed by atoms with E-state index in [1.165, 1.54) is 0 Å². The van der Waals surface area contributed by atoms with Gasteiger partial charge in [0.05, 0.1) is 19.6 Å². The number of carbonyl (C=O) groups is 2. The molecule has 0 radical (unpaired) electrons. The number of methoxy groups -OCH3 is 1. The molecule has 6 heteroatoms. The van der Waals surface area contributed by atoms with Gasteiger partial charge in [0.15, 0.2) is 0 Å². The van der Waals surface area contributed by atoms with Gasteiger partial charge in [-0.25, -0.2) is 4.99 Å². The SMILES string of the molecule is COc1ccc([C@@H]2CC(=O)NC(NC(=O)c3ccc(C(C)(C)C)cc3)=N2)cc1. The van der Waals surface area contributed by atoms with Crippen LogP contribution in [-0.4, -0.2) is 24.9 Å². The summed E-state index contributed by atoms with van der Waals surface area (Å²) in [6.45, 7) is 6.36. The molecule has 1 heterocycles. The van der Waals surface area contributed by atoms with Crippen LogP contribution in [-0.2, 0) is 10.2 Å². The van der Waals surface area contributed by atoms with E-state index >= 15 is 0 Å². The normalized spacial score (nSPS) is 16.8. The first-order valence-electron chi connectivity index (χ1n) is 9.20. The van der Waals surface area contributed by atoms with E-state index in [-0.39, 0.29) is 35.7 Å². The molecular formula is C22H25N3O3. The molecule has 0 aliphatic carbocycles. The summed E-state index contributed by atoms with van der Waals surface area (Å²) in [6, 6.07) is 14.5. The summed E-state index contributed by atoms with van der Waals surface area (Å²) in [5, 5.41) is 5.33. The fourth-order valence-electron chi connectivity index (χ4n) is 2.98. The number of hydrogen-bond acceptors (Lipinski definition) is 4. The lowest BCUT2D eigenvalue weighted by molar-refractivity contribution is -0.120. The maximum atomic E-state index is 12.5. The number of aliphatic imine (C=N–C) groups is 1. The van der Waals surface area contributed by atoms with Gasteiger partial charge in [-0.1, -0.05) is 45.0 Å². The Bertz CT molecular complexity index is 894. The summed E-state index contributed by atoms with van der Waals surface area (Å²) in [4.78, 5) is 29.1. The number of ether oxygens (including phenoxy) is 1. The summed E-state index contributed by atoms with van der Waals surface area (Å²) in [7, 11) is 1.60. The third-order valence-corrected chi connectivity index (χ3v) is 4.67. The predicted octanol–water partition coefficient (Wildman–Crippen LogP) is 3.34. The zero-order valence-electron chi connectivity index (χ0n) is 16.6. The van der Waals surface area contributed by atoms with Crippen molar-refractivity contribution in [1.29, 1.82) is 0 Å². The van der Waals surface area contributed by atoms with E-state index in [4.69, 9.17) is 4.74 Å². The van der Waals surface area contributed by atoms with E-state index < -0.39 is 0 Å². The lowest BCUT2D eigenvalue weighted by atomic mass is 9.87. The number of amides is 2. The molecule has 0 unspecified atom stereocenters. The summed E-state index contributed by atoms with van der Waals surface area (Å²) in [5.41, 5.74) is 2.56. The first-order chi connectivity index (χ1) is 13.3. The highest BCUT2D eigenvalue weighted by atomic mass is 16.5. The minimum atomic E-state index is -0.349. The smallest absolute Gasteiger partial charge is 0.257 e. The van der Waals surface area contributed by atoms with Gasteiger partial charge in [-0.15, -0.1) is 0 Å². The third kappa shape index (κ3) is 4.57. The molecule has 6 nitrogen and oxygen atoms in total. The largest absolute Gasteiger partial charge is 0.497 e. The Kier molecular flexibility index (Phi) is 5.49. The summed E-state index contributed by atoms with van der Waals surface area (Å²) < 4.78 is 5.16. The molecule has 2 aromatic carbocycles. The van der Waals surface area contributed by atoms with Crippen molar-refractivity contribution < 1.29 is 14.3 Å². The maximum absolute atomic E-state index is 12.5. The molecule has 28 heavy (non-hydrogen) atoms. The van der Waals surface area contributed by atoms with Crippen molar-refractivity contribution in [2.45, 2.75) is 38.6 Å². The minimum Gasteiger partial charge on any atom is -0.497 e. The first-order valence-corrected chi connectivity index (χ1v) is 9.20. The molecule has 0 aromatic heterocycles. The second-order valence-electron chi connectivity index (χ2n) is 7.80. The number of benzene rings is 2. The fourth-order valence-corrected chi connectivity index (χ4v) is 2.98. The van der Waals surface area contributed by atoms with Gasteiger partial charge in [0, 0.05) is 5.56 Å². The molecular weight excluding hydrogens is 354 g/mol. The Balaban J connectivity index is 1.75. The molecule has 1 atom stereocenters. The Labute approximate surface area is 165 Å².